The second-order valence-electron chi connectivity index (χ2n) is 8.02. The predicted octanol–water partition coefficient (Wildman–Crippen LogP) is 1.67. The maximum atomic E-state index is 12.6. The van der Waals surface area contributed by atoms with Crippen LogP contribution < -0.4 is 15.8 Å². The summed E-state index contributed by atoms with van der Waals surface area (Å²) < 4.78 is 5.65. The molecule has 9 nitrogen and oxygen atoms in total. The van der Waals surface area contributed by atoms with E-state index in [2.05, 4.69) is 44.0 Å². The van der Waals surface area contributed by atoms with Crippen LogP contribution in [0.15, 0.2) is 29.3 Å². The van der Waals surface area contributed by atoms with Crippen LogP contribution in [0.2, 0.25) is 0 Å². The summed E-state index contributed by atoms with van der Waals surface area (Å²) >= 11 is 0. The van der Waals surface area contributed by atoms with Gasteiger partial charge in [0.25, 0.3) is 5.56 Å². The highest BCUT2D eigenvalue weighted by Crippen LogP contribution is 2.25. The molecule has 0 bridgehead atoms. The minimum absolute atomic E-state index is 0.141. The minimum atomic E-state index is -0.157. The summed E-state index contributed by atoms with van der Waals surface area (Å²) in [6, 6.07) is 3.80. The first-order valence-electron chi connectivity index (χ1n) is 10.3. The normalized spacial score (nSPS) is 19.7. The van der Waals surface area contributed by atoms with Crippen LogP contribution in [0.1, 0.15) is 18.2 Å². The molecule has 30 heavy (non-hydrogen) atoms. The Balaban J connectivity index is 1.49. The zero-order valence-corrected chi connectivity index (χ0v) is 17.2. The lowest BCUT2D eigenvalue weighted by Gasteiger charge is -2.32. The Bertz CT molecular complexity index is 1150. The number of hydrogen-bond donors (Lipinski definition) is 2. The number of morpholine rings is 1. The van der Waals surface area contributed by atoms with Gasteiger partial charge in [-0.3, -0.25) is 4.79 Å². The lowest BCUT2D eigenvalue weighted by molar-refractivity contribution is 0.0530. The Hall–Kier alpha value is -3.04. The Morgan fingerprint density at radius 1 is 1.30 bits per heavy atom. The molecule has 5 heterocycles. The summed E-state index contributed by atoms with van der Waals surface area (Å²) in [7, 11) is 2.08. The van der Waals surface area contributed by atoms with Gasteiger partial charge in [-0.05, 0) is 31.7 Å². The van der Waals surface area contributed by atoms with Gasteiger partial charge in [0.05, 0.1) is 12.7 Å². The molecule has 156 valence electrons. The Labute approximate surface area is 174 Å². The van der Waals surface area contributed by atoms with E-state index in [0.29, 0.717) is 18.2 Å². The molecule has 2 aliphatic heterocycles. The molecule has 1 fully saturated rings. The number of aromatic amines is 1. The molecule has 0 amide bonds. The van der Waals surface area contributed by atoms with Crippen molar-refractivity contribution in [3.05, 3.63) is 46.1 Å². The van der Waals surface area contributed by atoms with Gasteiger partial charge < -0.3 is 24.8 Å². The number of hydrogen-bond acceptors (Lipinski definition) is 8. The van der Waals surface area contributed by atoms with Crippen LogP contribution in [0.4, 0.5) is 17.5 Å². The van der Waals surface area contributed by atoms with Crippen molar-refractivity contribution in [2.45, 2.75) is 26.0 Å². The third kappa shape index (κ3) is 3.61. The number of aromatic nitrogens is 4. The first kappa shape index (κ1) is 19.0. The lowest BCUT2D eigenvalue weighted by atomic mass is 10.1. The smallest absolute Gasteiger partial charge is 0.271 e. The maximum absolute atomic E-state index is 12.6. The van der Waals surface area contributed by atoms with Crippen LogP contribution in [0, 0.1) is 0 Å². The molecule has 2 aliphatic rings. The molecule has 0 spiro atoms. The van der Waals surface area contributed by atoms with Crippen molar-refractivity contribution in [2.24, 2.45) is 0 Å². The highest BCUT2D eigenvalue weighted by atomic mass is 16.5. The second kappa shape index (κ2) is 7.66. The van der Waals surface area contributed by atoms with E-state index in [1.165, 1.54) is 0 Å². The number of ether oxygens (including phenoxy) is 1. The average Bonchev–Trinajstić information content (AvgIpc) is 2.74. The third-order valence-electron chi connectivity index (χ3n) is 5.67. The van der Waals surface area contributed by atoms with E-state index in [4.69, 9.17) is 9.72 Å². The van der Waals surface area contributed by atoms with Gasteiger partial charge in [0.1, 0.15) is 11.2 Å². The zero-order chi connectivity index (χ0) is 20.7. The Morgan fingerprint density at radius 3 is 3.07 bits per heavy atom. The molecule has 3 aromatic heterocycles. The number of rotatable bonds is 3. The molecular weight excluding hydrogens is 382 g/mol. The maximum Gasteiger partial charge on any atom is 0.271 e. The molecular formula is C21H25N7O2. The van der Waals surface area contributed by atoms with Crippen LogP contribution in [0.25, 0.3) is 10.9 Å². The first-order chi connectivity index (χ1) is 14.6. The topological polar surface area (TPSA) is 99.3 Å². The average molecular weight is 407 g/mol. The minimum Gasteiger partial charge on any atom is -0.375 e. The number of anilines is 3. The number of nitrogens with one attached hydrogen (secondary N) is 2. The summed E-state index contributed by atoms with van der Waals surface area (Å²) in [6.45, 7) is 5.99. The fraction of sp³-hybridized carbons (Fsp3) is 0.429. The molecule has 2 N–H and O–H groups in total. The van der Waals surface area contributed by atoms with Gasteiger partial charge in [-0.25, -0.2) is 15.0 Å². The highest BCUT2D eigenvalue weighted by molar-refractivity contribution is 5.89. The quantitative estimate of drug-likeness (QED) is 0.677. The van der Waals surface area contributed by atoms with E-state index in [-0.39, 0.29) is 11.7 Å². The predicted molar refractivity (Wildman–Crippen MR) is 115 cm³/mol. The highest BCUT2D eigenvalue weighted by Gasteiger charge is 2.21. The number of likely N-dealkylation sites (N-methyl/N-ethyl adjacent to an activating group) is 1. The van der Waals surface area contributed by atoms with Crippen LogP contribution >= 0.6 is 0 Å². The summed E-state index contributed by atoms with van der Waals surface area (Å²) in [5.74, 6) is 1.20. The number of fused-ring (bicyclic) bond motifs is 2. The Morgan fingerprint density at radius 2 is 2.20 bits per heavy atom. The molecule has 5 rings (SSSR count). The van der Waals surface area contributed by atoms with Gasteiger partial charge in [-0.2, -0.15) is 0 Å². The second-order valence-corrected chi connectivity index (χ2v) is 8.02. The van der Waals surface area contributed by atoms with Gasteiger partial charge in [-0.15, -0.1) is 0 Å². The van der Waals surface area contributed by atoms with Crippen LogP contribution in [0.3, 0.4) is 0 Å². The van der Waals surface area contributed by atoms with E-state index < -0.39 is 0 Å². The molecule has 3 aromatic rings. The van der Waals surface area contributed by atoms with Crippen molar-refractivity contribution in [1.82, 2.24) is 24.8 Å². The molecule has 0 saturated carbocycles. The monoisotopic (exact) mass is 407 g/mol. The largest absolute Gasteiger partial charge is 0.375 e. The molecule has 0 aromatic carbocycles. The standard InChI is InChI=1S/C21H25N7O2/c1-13-11-28(7-8-30-13)19-18-14(3-5-22-19)10-23-21(26-18)25-17-9-15-12-27(2)6-4-16(15)24-20(17)29/h3,5,9-10,13H,4,6-8,11-12H2,1-2H3,(H,24,29)(H,23,25,26). The summed E-state index contributed by atoms with van der Waals surface area (Å²) in [5, 5.41) is 4.02. The van der Waals surface area contributed by atoms with Gasteiger partial charge in [0.2, 0.25) is 5.95 Å². The van der Waals surface area contributed by atoms with E-state index in [9.17, 15) is 4.79 Å². The van der Waals surface area contributed by atoms with E-state index in [0.717, 1.165) is 60.6 Å². The fourth-order valence-electron chi connectivity index (χ4n) is 4.11. The van der Waals surface area contributed by atoms with Crippen LogP contribution in [0.5, 0.6) is 0 Å². The van der Waals surface area contributed by atoms with Crippen molar-refractivity contribution in [2.75, 3.05) is 43.5 Å². The summed E-state index contributed by atoms with van der Waals surface area (Å²) in [4.78, 5) is 33.7. The van der Waals surface area contributed by atoms with E-state index >= 15 is 0 Å². The van der Waals surface area contributed by atoms with Crippen molar-refractivity contribution in [3.63, 3.8) is 0 Å². The number of H-pyrrole nitrogens is 1. The number of nitrogens with zero attached hydrogens (tertiary/aromatic N) is 5. The molecule has 1 saturated heterocycles. The van der Waals surface area contributed by atoms with E-state index in [1.807, 2.05) is 12.1 Å². The Kier molecular flexibility index (Phi) is 4.84. The van der Waals surface area contributed by atoms with Gasteiger partial charge in [0.15, 0.2) is 5.82 Å². The van der Waals surface area contributed by atoms with Crippen molar-refractivity contribution >= 4 is 28.4 Å². The lowest BCUT2D eigenvalue weighted by Crippen LogP contribution is -2.41. The molecule has 1 atom stereocenters. The van der Waals surface area contributed by atoms with E-state index in [1.54, 1.807) is 12.4 Å². The van der Waals surface area contributed by atoms with Crippen LogP contribution in [-0.2, 0) is 17.7 Å². The molecule has 0 radical (unpaired) electrons. The molecule has 1 unspecified atom stereocenters. The first-order valence-corrected chi connectivity index (χ1v) is 10.3. The van der Waals surface area contributed by atoms with Crippen molar-refractivity contribution < 1.29 is 4.74 Å². The fourth-order valence-corrected chi connectivity index (χ4v) is 4.11. The van der Waals surface area contributed by atoms with Crippen LogP contribution in [-0.4, -0.2) is 64.2 Å². The molecule has 9 heteroatoms. The third-order valence-corrected chi connectivity index (χ3v) is 5.67. The van der Waals surface area contributed by atoms with Gasteiger partial charge >= 0.3 is 0 Å². The SMILES string of the molecule is CC1CN(c2nccc3cnc(Nc4cc5c([nH]c4=O)CCN(C)C5)nc23)CCO1. The van der Waals surface area contributed by atoms with Crippen molar-refractivity contribution in [1.29, 1.82) is 0 Å². The van der Waals surface area contributed by atoms with Crippen molar-refractivity contribution in [3.8, 4) is 0 Å². The number of pyridine rings is 2. The van der Waals surface area contributed by atoms with Gasteiger partial charge in [0, 0.05) is 56.1 Å². The zero-order valence-electron chi connectivity index (χ0n) is 17.2. The summed E-state index contributed by atoms with van der Waals surface area (Å²) in [5.41, 5.74) is 3.19. The summed E-state index contributed by atoms with van der Waals surface area (Å²) in [6.07, 6.45) is 4.53. The molecule has 0 aliphatic carbocycles. The van der Waals surface area contributed by atoms with Gasteiger partial charge in [-0.1, -0.05) is 0 Å².